The average Bonchev–Trinajstić information content (AvgIpc) is 3.21. The molecule has 60 heavy (non-hydrogen) atoms. The summed E-state index contributed by atoms with van der Waals surface area (Å²) in [6, 6.07) is -0.632. The Bertz CT molecular complexity index is 1070. The molecule has 0 radical (unpaired) electrons. The van der Waals surface area contributed by atoms with Gasteiger partial charge in [0.25, 0.3) is 0 Å². The molecule has 0 bridgehead atoms. The van der Waals surface area contributed by atoms with Crippen LogP contribution in [0.15, 0.2) is 0 Å². The van der Waals surface area contributed by atoms with E-state index < -0.39 is 6.04 Å². The van der Waals surface area contributed by atoms with Crippen molar-refractivity contribution in [3.05, 3.63) is 0 Å². The summed E-state index contributed by atoms with van der Waals surface area (Å²) >= 11 is 0. The van der Waals surface area contributed by atoms with Crippen molar-refractivity contribution in [1.82, 2.24) is 5.32 Å². The highest BCUT2D eigenvalue weighted by Crippen LogP contribution is 2.34. The maximum atomic E-state index is 12.9. The maximum Gasteiger partial charge on any atom is 0.328 e. The molecule has 2 N–H and O–H groups in total. The molecule has 0 aromatic heterocycles. The zero-order valence-electron chi connectivity index (χ0n) is 39.8. The van der Waals surface area contributed by atoms with Crippen molar-refractivity contribution >= 4 is 24.3 Å². The third-order valence-electron chi connectivity index (χ3n) is 12.6. The highest BCUT2D eigenvalue weighted by Gasteiger charge is 2.44. The zero-order chi connectivity index (χ0) is 44.2. The predicted octanol–water partition coefficient (Wildman–Crippen LogP) is 13.1. The Morgan fingerprint density at radius 2 is 0.983 bits per heavy atom. The fourth-order valence-electron chi connectivity index (χ4n) is 8.69. The Hall–Kier alpha value is -2.16. The van der Waals surface area contributed by atoms with Gasteiger partial charge in [-0.3, -0.25) is 14.4 Å². The van der Waals surface area contributed by atoms with E-state index >= 15 is 0 Å². The van der Waals surface area contributed by atoms with Gasteiger partial charge in [0.2, 0.25) is 6.41 Å². The van der Waals surface area contributed by atoms with E-state index in [1.54, 1.807) is 0 Å². The molecule has 1 amide bonds. The lowest BCUT2D eigenvalue weighted by Crippen LogP contribution is -2.48. The smallest absolute Gasteiger partial charge is 0.328 e. The number of hydrogen-bond donors (Lipinski definition) is 2. The molecule has 2 saturated heterocycles. The standard InChI is InChI=1S/C29H53NO5.C22H42O3/c1-5-7-9-11-13-14-16-18-24(34-29(33)26(30-22-31)20-23(3)4)21-27-25(28(32)35-27)19-17-15-12-10-8-6-2;1-3-5-7-9-11-12-14-16-19(23)18-21-20(22(24)25-21)17-15-13-10-8-6-4-2/h22-27H,5-21H2,1-4H3,(H,30,31);19-21,23H,3-18H2,1-2H3/t24-,25-,26-,27-;19-,20+,21+/m01/s1. The van der Waals surface area contributed by atoms with E-state index in [0.717, 1.165) is 64.2 Å². The summed E-state index contributed by atoms with van der Waals surface area (Å²) in [6.07, 6.45) is 36.9. The van der Waals surface area contributed by atoms with Crippen molar-refractivity contribution in [3.63, 3.8) is 0 Å². The van der Waals surface area contributed by atoms with Gasteiger partial charge in [0.1, 0.15) is 24.4 Å². The first-order chi connectivity index (χ1) is 29.1. The molecule has 7 atom stereocenters. The maximum absolute atomic E-state index is 12.9. The number of aliphatic hydroxyl groups is 1. The van der Waals surface area contributed by atoms with Gasteiger partial charge in [-0.1, -0.05) is 202 Å². The molecule has 2 fully saturated rings. The third-order valence-corrected chi connectivity index (χ3v) is 12.6. The van der Waals surface area contributed by atoms with Crippen molar-refractivity contribution in [1.29, 1.82) is 0 Å². The molecule has 2 aliphatic rings. The van der Waals surface area contributed by atoms with E-state index in [1.807, 2.05) is 13.8 Å². The van der Waals surface area contributed by atoms with Crippen LogP contribution >= 0.6 is 0 Å². The Balaban J connectivity index is 0.000000634. The van der Waals surface area contributed by atoms with E-state index in [2.05, 4.69) is 33.0 Å². The number of ether oxygens (including phenoxy) is 3. The highest BCUT2D eigenvalue weighted by atomic mass is 16.6. The second-order valence-electron chi connectivity index (χ2n) is 18.7. The van der Waals surface area contributed by atoms with Gasteiger partial charge in [0, 0.05) is 12.8 Å². The predicted molar refractivity (Wildman–Crippen MR) is 246 cm³/mol. The molecule has 2 rings (SSSR count). The summed E-state index contributed by atoms with van der Waals surface area (Å²) in [7, 11) is 0. The van der Waals surface area contributed by atoms with Crippen molar-refractivity contribution in [2.24, 2.45) is 17.8 Å². The van der Waals surface area contributed by atoms with Gasteiger partial charge < -0.3 is 24.6 Å². The normalized spacial score (nSPS) is 19.9. The summed E-state index contributed by atoms with van der Waals surface area (Å²) < 4.78 is 16.7. The number of nitrogens with one attached hydrogen (secondary N) is 1. The largest absolute Gasteiger partial charge is 0.461 e. The molecule has 0 unspecified atom stereocenters. The van der Waals surface area contributed by atoms with Crippen molar-refractivity contribution in [3.8, 4) is 0 Å². The lowest BCUT2D eigenvalue weighted by molar-refractivity contribution is -0.191. The van der Waals surface area contributed by atoms with E-state index in [4.69, 9.17) is 14.2 Å². The Kier molecular flexibility index (Phi) is 34.8. The summed E-state index contributed by atoms with van der Waals surface area (Å²) in [5, 5.41) is 12.8. The van der Waals surface area contributed by atoms with Crippen LogP contribution in [0.2, 0.25) is 0 Å². The van der Waals surface area contributed by atoms with E-state index in [0.29, 0.717) is 25.7 Å². The lowest BCUT2D eigenvalue weighted by atomic mass is 9.86. The van der Waals surface area contributed by atoms with Gasteiger partial charge in [0.15, 0.2) is 0 Å². The number of rotatable bonds is 40. The van der Waals surface area contributed by atoms with Gasteiger partial charge in [0.05, 0.1) is 17.9 Å². The summed E-state index contributed by atoms with van der Waals surface area (Å²) in [4.78, 5) is 47.7. The number of amides is 1. The van der Waals surface area contributed by atoms with Crippen LogP contribution in [-0.4, -0.2) is 59.9 Å². The number of cyclic esters (lactones) is 2. The monoisotopic (exact) mass is 850 g/mol. The number of carbonyl (C=O) groups excluding carboxylic acids is 4. The highest BCUT2D eigenvalue weighted by molar-refractivity contribution is 5.79. The third kappa shape index (κ3) is 27.0. The summed E-state index contributed by atoms with van der Waals surface area (Å²) in [5.41, 5.74) is 0. The van der Waals surface area contributed by atoms with Gasteiger partial charge >= 0.3 is 17.9 Å². The quantitative estimate of drug-likeness (QED) is 0.0270. The van der Waals surface area contributed by atoms with E-state index in [-0.39, 0.29) is 60.1 Å². The molecule has 2 aliphatic heterocycles. The first kappa shape index (κ1) is 55.9. The molecule has 2 heterocycles. The number of carbonyl (C=O) groups is 4. The molecule has 0 aromatic carbocycles. The van der Waals surface area contributed by atoms with Gasteiger partial charge in [-0.25, -0.2) is 4.79 Å². The van der Waals surface area contributed by atoms with Crippen LogP contribution in [0.25, 0.3) is 0 Å². The summed E-state index contributed by atoms with van der Waals surface area (Å²) in [5.74, 6) is -0.287. The molecule has 9 heteroatoms. The van der Waals surface area contributed by atoms with E-state index in [1.165, 1.54) is 128 Å². The number of hydrogen-bond acceptors (Lipinski definition) is 8. The minimum absolute atomic E-state index is 0.0253. The van der Waals surface area contributed by atoms with Crippen LogP contribution in [0.1, 0.15) is 253 Å². The van der Waals surface area contributed by atoms with Gasteiger partial charge in [-0.2, -0.15) is 0 Å². The van der Waals surface area contributed by atoms with Crippen LogP contribution < -0.4 is 5.32 Å². The summed E-state index contributed by atoms with van der Waals surface area (Å²) in [6.45, 7) is 12.9. The molecule has 9 nitrogen and oxygen atoms in total. The average molecular weight is 850 g/mol. The first-order valence-electron chi connectivity index (χ1n) is 25.6. The zero-order valence-corrected chi connectivity index (χ0v) is 39.8. The lowest BCUT2D eigenvalue weighted by Gasteiger charge is -2.37. The first-order valence-corrected chi connectivity index (χ1v) is 25.6. The minimum Gasteiger partial charge on any atom is -0.461 e. The molecular weight excluding hydrogens is 755 g/mol. The van der Waals surface area contributed by atoms with Crippen molar-refractivity contribution in [2.75, 3.05) is 0 Å². The van der Waals surface area contributed by atoms with Crippen molar-refractivity contribution < 1.29 is 38.5 Å². The molecular formula is C51H95NO8. The van der Waals surface area contributed by atoms with Crippen LogP contribution in [0.3, 0.4) is 0 Å². The van der Waals surface area contributed by atoms with Crippen molar-refractivity contribution in [2.45, 2.75) is 284 Å². The van der Waals surface area contributed by atoms with Crippen LogP contribution in [0.4, 0.5) is 0 Å². The fraction of sp³-hybridized carbons (Fsp3) is 0.922. The number of unbranched alkanes of at least 4 members (excludes halogenated alkanes) is 22. The molecule has 0 spiro atoms. The second kappa shape index (κ2) is 37.4. The van der Waals surface area contributed by atoms with Crippen LogP contribution in [-0.2, 0) is 33.4 Å². The van der Waals surface area contributed by atoms with Gasteiger partial charge in [-0.15, -0.1) is 0 Å². The van der Waals surface area contributed by atoms with Crippen LogP contribution in [0, 0.1) is 17.8 Å². The minimum atomic E-state index is -0.632. The van der Waals surface area contributed by atoms with Crippen LogP contribution in [0.5, 0.6) is 0 Å². The number of aliphatic hydroxyl groups excluding tert-OH is 1. The topological polar surface area (TPSA) is 128 Å². The molecule has 352 valence electrons. The Morgan fingerprint density at radius 3 is 1.38 bits per heavy atom. The number of esters is 3. The molecule has 0 aliphatic carbocycles. The Morgan fingerprint density at radius 1 is 0.600 bits per heavy atom. The SMILES string of the molecule is CCCCCCCCC[C@@H](C[C@@H]1OC(=O)[C@H]1CCCCCCCC)OC(=O)[C@H](CC(C)C)NC=O.CCCCCCCCC[C@@H](O)C[C@@H]1OC(=O)[C@H]1CCCCCCCC. The Labute approximate surface area is 368 Å². The molecule has 0 saturated carbocycles. The van der Waals surface area contributed by atoms with E-state index in [9.17, 15) is 24.3 Å². The van der Waals surface area contributed by atoms with Gasteiger partial charge in [-0.05, 0) is 44.4 Å². The fourth-order valence-corrected chi connectivity index (χ4v) is 8.69. The molecule has 0 aromatic rings. The second-order valence-corrected chi connectivity index (χ2v) is 18.7.